The minimum Gasteiger partial charge on any atom is -0.397 e. The summed E-state index contributed by atoms with van der Waals surface area (Å²) < 4.78 is 0. The van der Waals surface area contributed by atoms with Crippen molar-refractivity contribution in [1.29, 1.82) is 0 Å². The Kier molecular flexibility index (Phi) is 4.28. The number of hydrogen-bond acceptors (Lipinski definition) is 3. The van der Waals surface area contributed by atoms with Crippen molar-refractivity contribution < 1.29 is 0 Å². The van der Waals surface area contributed by atoms with Gasteiger partial charge in [-0.25, -0.2) is 4.98 Å². The molecule has 0 atom stereocenters. The smallest absolute Gasteiger partial charge is 0.131 e. The first-order chi connectivity index (χ1) is 9.47. The molecule has 1 aromatic heterocycles. The summed E-state index contributed by atoms with van der Waals surface area (Å²) in [5.41, 5.74) is 11.6. The standard InChI is InChI=1S/C17H23N3/c1-12-5-6-15(9-13(12)2)7-8-20(4)17-14(3)10-16(18)11-19-17/h5-6,9-11H,7-8,18H2,1-4H3. The number of likely N-dealkylation sites (N-methyl/N-ethyl adjacent to an activating group) is 1. The van der Waals surface area contributed by atoms with Crippen molar-refractivity contribution in [2.24, 2.45) is 0 Å². The fourth-order valence-electron chi connectivity index (χ4n) is 2.35. The molecule has 0 unspecified atom stereocenters. The zero-order valence-electron chi connectivity index (χ0n) is 12.8. The third-order valence-corrected chi connectivity index (χ3v) is 3.74. The van der Waals surface area contributed by atoms with Crippen LogP contribution in [0.3, 0.4) is 0 Å². The van der Waals surface area contributed by atoms with Gasteiger partial charge in [0.1, 0.15) is 5.82 Å². The Bertz CT molecular complexity index is 605. The molecule has 0 radical (unpaired) electrons. The number of aromatic nitrogens is 1. The Morgan fingerprint density at radius 2 is 1.80 bits per heavy atom. The molecule has 0 saturated heterocycles. The van der Waals surface area contributed by atoms with E-state index in [2.05, 4.69) is 49.0 Å². The molecule has 1 aromatic carbocycles. The summed E-state index contributed by atoms with van der Waals surface area (Å²) in [4.78, 5) is 6.61. The lowest BCUT2D eigenvalue weighted by molar-refractivity contribution is 0.854. The maximum atomic E-state index is 5.74. The number of pyridine rings is 1. The quantitative estimate of drug-likeness (QED) is 0.926. The molecule has 20 heavy (non-hydrogen) atoms. The Morgan fingerprint density at radius 3 is 2.45 bits per heavy atom. The van der Waals surface area contributed by atoms with E-state index in [1.165, 1.54) is 16.7 Å². The Hall–Kier alpha value is -2.03. The minimum absolute atomic E-state index is 0.716. The van der Waals surface area contributed by atoms with E-state index in [1.54, 1.807) is 6.20 Å². The lowest BCUT2D eigenvalue weighted by Crippen LogP contribution is -2.22. The maximum Gasteiger partial charge on any atom is 0.131 e. The van der Waals surface area contributed by atoms with Gasteiger partial charge in [0.05, 0.1) is 11.9 Å². The highest BCUT2D eigenvalue weighted by atomic mass is 15.2. The van der Waals surface area contributed by atoms with Crippen molar-refractivity contribution in [3.8, 4) is 0 Å². The average molecular weight is 269 g/mol. The van der Waals surface area contributed by atoms with E-state index in [-0.39, 0.29) is 0 Å². The second kappa shape index (κ2) is 5.95. The van der Waals surface area contributed by atoms with Crippen molar-refractivity contribution in [3.05, 3.63) is 52.7 Å². The van der Waals surface area contributed by atoms with Gasteiger partial charge in [0.2, 0.25) is 0 Å². The van der Waals surface area contributed by atoms with Gasteiger partial charge in [0, 0.05) is 13.6 Å². The average Bonchev–Trinajstić information content (AvgIpc) is 2.40. The molecule has 0 saturated carbocycles. The number of nitrogens with two attached hydrogens (primary N) is 1. The Morgan fingerprint density at radius 1 is 1.05 bits per heavy atom. The highest BCUT2D eigenvalue weighted by molar-refractivity contribution is 5.52. The van der Waals surface area contributed by atoms with Gasteiger partial charge in [0.15, 0.2) is 0 Å². The van der Waals surface area contributed by atoms with Gasteiger partial charge in [-0.3, -0.25) is 0 Å². The second-order valence-corrected chi connectivity index (χ2v) is 5.50. The molecule has 1 heterocycles. The zero-order valence-corrected chi connectivity index (χ0v) is 12.8. The number of nitrogens with zero attached hydrogens (tertiary/aromatic N) is 2. The monoisotopic (exact) mass is 269 g/mol. The van der Waals surface area contributed by atoms with Crippen LogP contribution in [0.5, 0.6) is 0 Å². The van der Waals surface area contributed by atoms with Crippen LogP contribution in [-0.4, -0.2) is 18.6 Å². The zero-order chi connectivity index (χ0) is 14.7. The Labute approximate surface area is 121 Å². The van der Waals surface area contributed by atoms with Crippen LogP contribution < -0.4 is 10.6 Å². The Balaban J connectivity index is 2.04. The predicted octanol–water partition coefficient (Wildman–Crippen LogP) is 3.27. The lowest BCUT2D eigenvalue weighted by Gasteiger charge is -2.20. The molecule has 3 nitrogen and oxygen atoms in total. The molecule has 0 aliphatic rings. The minimum atomic E-state index is 0.716. The van der Waals surface area contributed by atoms with Gasteiger partial charge in [-0.2, -0.15) is 0 Å². The summed E-state index contributed by atoms with van der Waals surface area (Å²) in [5.74, 6) is 1.00. The highest BCUT2D eigenvalue weighted by Crippen LogP contribution is 2.18. The number of anilines is 2. The number of hydrogen-bond donors (Lipinski definition) is 1. The topological polar surface area (TPSA) is 42.2 Å². The lowest BCUT2D eigenvalue weighted by atomic mass is 10.0. The fraction of sp³-hybridized carbons (Fsp3) is 0.353. The van der Waals surface area contributed by atoms with E-state index in [4.69, 9.17) is 5.73 Å². The summed E-state index contributed by atoms with van der Waals surface area (Å²) in [6.45, 7) is 7.30. The van der Waals surface area contributed by atoms with Gasteiger partial charge in [0.25, 0.3) is 0 Å². The fourth-order valence-corrected chi connectivity index (χ4v) is 2.35. The maximum absolute atomic E-state index is 5.74. The first kappa shape index (κ1) is 14.4. The molecule has 2 N–H and O–H groups in total. The molecule has 3 heteroatoms. The number of benzene rings is 1. The molecule has 0 spiro atoms. The first-order valence-corrected chi connectivity index (χ1v) is 6.97. The number of aryl methyl sites for hydroxylation is 3. The third kappa shape index (κ3) is 3.29. The van der Waals surface area contributed by atoms with Crippen LogP contribution in [0.25, 0.3) is 0 Å². The van der Waals surface area contributed by atoms with E-state index in [0.29, 0.717) is 5.69 Å². The molecular formula is C17H23N3. The molecular weight excluding hydrogens is 246 g/mol. The molecule has 0 fully saturated rings. The van der Waals surface area contributed by atoms with E-state index in [1.807, 2.05) is 13.0 Å². The largest absolute Gasteiger partial charge is 0.397 e. The van der Waals surface area contributed by atoms with E-state index in [9.17, 15) is 0 Å². The summed E-state index contributed by atoms with van der Waals surface area (Å²) in [6, 6.07) is 8.64. The first-order valence-electron chi connectivity index (χ1n) is 6.97. The van der Waals surface area contributed by atoms with E-state index in [0.717, 1.165) is 24.3 Å². The number of rotatable bonds is 4. The predicted molar refractivity (Wildman–Crippen MR) is 86.3 cm³/mol. The van der Waals surface area contributed by atoms with Crippen LogP contribution in [0.2, 0.25) is 0 Å². The van der Waals surface area contributed by atoms with Crippen LogP contribution in [0, 0.1) is 20.8 Å². The van der Waals surface area contributed by atoms with Crippen molar-refractivity contribution in [1.82, 2.24) is 4.98 Å². The van der Waals surface area contributed by atoms with Crippen LogP contribution in [0.15, 0.2) is 30.5 Å². The van der Waals surface area contributed by atoms with Gasteiger partial charge < -0.3 is 10.6 Å². The SMILES string of the molecule is Cc1ccc(CCN(C)c2ncc(N)cc2C)cc1C. The molecule has 2 rings (SSSR count). The summed E-state index contributed by atoms with van der Waals surface area (Å²) in [7, 11) is 2.08. The molecule has 0 aliphatic carbocycles. The normalized spacial score (nSPS) is 10.6. The van der Waals surface area contributed by atoms with Gasteiger partial charge in [-0.15, -0.1) is 0 Å². The van der Waals surface area contributed by atoms with Crippen LogP contribution >= 0.6 is 0 Å². The summed E-state index contributed by atoms with van der Waals surface area (Å²) >= 11 is 0. The van der Waals surface area contributed by atoms with E-state index >= 15 is 0 Å². The van der Waals surface area contributed by atoms with Crippen LogP contribution in [-0.2, 0) is 6.42 Å². The molecule has 106 valence electrons. The van der Waals surface area contributed by atoms with E-state index < -0.39 is 0 Å². The summed E-state index contributed by atoms with van der Waals surface area (Å²) in [6.07, 6.45) is 2.73. The van der Waals surface area contributed by atoms with Crippen molar-refractivity contribution in [3.63, 3.8) is 0 Å². The summed E-state index contributed by atoms with van der Waals surface area (Å²) in [5, 5.41) is 0. The molecule has 2 aromatic rings. The second-order valence-electron chi connectivity index (χ2n) is 5.50. The van der Waals surface area contributed by atoms with Crippen molar-refractivity contribution >= 4 is 11.5 Å². The van der Waals surface area contributed by atoms with Gasteiger partial charge >= 0.3 is 0 Å². The number of nitrogen functional groups attached to an aromatic ring is 1. The third-order valence-electron chi connectivity index (χ3n) is 3.74. The molecule has 0 bridgehead atoms. The van der Waals surface area contributed by atoms with Crippen LogP contribution in [0.4, 0.5) is 11.5 Å². The highest BCUT2D eigenvalue weighted by Gasteiger charge is 2.07. The molecule has 0 amide bonds. The van der Waals surface area contributed by atoms with Crippen molar-refractivity contribution in [2.75, 3.05) is 24.2 Å². The van der Waals surface area contributed by atoms with Gasteiger partial charge in [-0.05, 0) is 55.5 Å². The van der Waals surface area contributed by atoms with Gasteiger partial charge in [-0.1, -0.05) is 18.2 Å². The van der Waals surface area contributed by atoms with Crippen LogP contribution in [0.1, 0.15) is 22.3 Å². The molecule has 0 aliphatic heterocycles. The van der Waals surface area contributed by atoms with Crippen molar-refractivity contribution in [2.45, 2.75) is 27.2 Å².